The Bertz CT molecular complexity index is 276. The molecule has 0 spiro atoms. The molecule has 13 heavy (non-hydrogen) atoms. The summed E-state index contributed by atoms with van der Waals surface area (Å²) in [5, 5.41) is 3.48. The Hall–Kier alpha value is -0.410. The van der Waals surface area contributed by atoms with Crippen molar-refractivity contribution < 1.29 is 0 Å². The standard InChI is InChI=1S/C10H16N2S/c1-8(2)10-11-9(7-13-10)6-12-4-3-5-12/h7-8H,3-6H2,1-2H3. The third-order valence-corrected chi connectivity index (χ3v) is 3.59. The van der Waals surface area contributed by atoms with Crippen molar-refractivity contribution >= 4 is 11.3 Å². The van der Waals surface area contributed by atoms with E-state index in [9.17, 15) is 0 Å². The Morgan fingerprint density at radius 3 is 2.77 bits per heavy atom. The van der Waals surface area contributed by atoms with E-state index in [1.807, 2.05) is 0 Å². The van der Waals surface area contributed by atoms with Gasteiger partial charge in [-0.15, -0.1) is 11.3 Å². The van der Waals surface area contributed by atoms with Gasteiger partial charge in [0.1, 0.15) is 0 Å². The second kappa shape index (κ2) is 3.76. The lowest BCUT2D eigenvalue weighted by Crippen LogP contribution is -2.36. The lowest BCUT2D eigenvalue weighted by Gasteiger charge is -2.29. The monoisotopic (exact) mass is 196 g/mol. The molecule has 0 N–H and O–H groups in total. The maximum atomic E-state index is 4.61. The minimum atomic E-state index is 0.579. The van der Waals surface area contributed by atoms with Crippen LogP contribution in [0.5, 0.6) is 0 Å². The fraction of sp³-hybridized carbons (Fsp3) is 0.700. The molecule has 1 aliphatic heterocycles. The van der Waals surface area contributed by atoms with Gasteiger partial charge in [0.2, 0.25) is 0 Å². The fourth-order valence-corrected chi connectivity index (χ4v) is 2.26. The van der Waals surface area contributed by atoms with Crippen LogP contribution in [0.4, 0.5) is 0 Å². The van der Waals surface area contributed by atoms with E-state index in [4.69, 9.17) is 0 Å². The lowest BCUT2D eigenvalue weighted by atomic mass is 10.2. The van der Waals surface area contributed by atoms with Gasteiger partial charge >= 0.3 is 0 Å². The quantitative estimate of drug-likeness (QED) is 0.738. The molecule has 2 rings (SSSR count). The lowest BCUT2D eigenvalue weighted by molar-refractivity contribution is 0.170. The van der Waals surface area contributed by atoms with Crippen LogP contribution in [0.15, 0.2) is 5.38 Å². The number of rotatable bonds is 3. The van der Waals surface area contributed by atoms with E-state index < -0.39 is 0 Å². The number of hydrogen-bond donors (Lipinski definition) is 0. The highest BCUT2D eigenvalue weighted by Gasteiger charge is 2.15. The number of aromatic nitrogens is 1. The second-order valence-electron chi connectivity index (χ2n) is 3.96. The first-order valence-electron chi connectivity index (χ1n) is 4.92. The molecule has 0 atom stereocenters. The molecule has 3 heteroatoms. The summed E-state index contributed by atoms with van der Waals surface area (Å²) >= 11 is 1.80. The molecule has 2 heterocycles. The Balaban J connectivity index is 1.96. The zero-order valence-corrected chi connectivity index (χ0v) is 9.10. The van der Waals surface area contributed by atoms with Gasteiger partial charge in [-0.3, -0.25) is 4.90 Å². The van der Waals surface area contributed by atoms with Crippen molar-refractivity contribution in [2.75, 3.05) is 13.1 Å². The molecule has 1 saturated heterocycles. The van der Waals surface area contributed by atoms with E-state index >= 15 is 0 Å². The first-order chi connectivity index (χ1) is 6.25. The van der Waals surface area contributed by atoms with Crippen LogP contribution in [-0.2, 0) is 6.54 Å². The van der Waals surface area contributed by atoms with Gasteiger partial charge in [-0.1, -0.05) is 13.8 Å². The molecule has 0 bridgehead atoms. The number of nitrogens with zero attached hydrogens (tertiary/aromatic N) is 2. The van der Waals surface area contributed by atoms with Gasteiger partial charge in [-0.05, 0) is 19.5 Å². The Labute approximate surface area is 83.6 Å². The molecule has 0 aromatic carbocycles. The zero-order chi connectivity index (χ0) is 9.26. The molecule has 2 nitrogen and oxygen atoms in total. The predicted molar refractivity (Wildman–Crippen MR) is 56.1 cm³/mol. The van der Waals surface area contributed by atoms with Gasteiger partial charge < -0.3 is 0 Å². The predicted octanol–water partition coefficient (Wildman–Crippen LogP) is 2.47. The highest BCUT2D eigenvalue weighted by molar-refractivity contribution is 7.09. The highest BCUT2D eigenvalue weighted by atomic mass is 32.1. The summed E-state index contributed by atoms with van der Waals surface area (Å²) in [6.07, 6.45) is 1.36. The van der Waals surface area contributed by atoms with Crippen LogP contribution in [0.3, 0.4) is 0 Å². The average Bonchev–Trinajstić information content (AvgIpc) is 2.44. The molecular weight excluding hydrogens is 180 g/mol. The van der Waals surface area contributed by atoms with Crippen LogP contribution in [0, 0.1) is 0 Å². The largest absolute Gasteiger partial charge is 0.297 e. The Morgan fingerprint density at radius 1 is 1.54 bits per heavy atom. The van der Waals surface area contributed by atoms with Crippen molar-refractivity contribution in [3.8, 4) is 0 Å². The van der Waals surface area contributed by atoms with Gasteiger partial charge in [-0.25, -0.2) is 4.98 Å². The number of hydrogen-bond acceptors (Lipinski definition) is 3. The molecule has 1 aromatic heterocycles. The summed E-state index contributed by atoms with van der Waals surface area (Å²) < 4.78 is 0. The molecule has 1 aromatic rings. The van der Waals surface area contributed by atoms with Gasteiger partial charge in [0.15, 0.2) is 0 Å². The summed E-state index contributed by atoms with van der Waals surface area (Å²) in [7, 11) is 0. The smallest absolute Gasteiger partial charge is 0.0954 e. The molecule has 0 aliphatic carbocycles. The highest BCUT2D eigenvalue weighted by Crippen LogP contribution is 2.21. The second-order valence-corrected chi connectivity index (χ2v) is 4.85. The SMILES string of the molecule is CC(C)c1nc(CN2CCC2)cs1. The van der Waals surface area contributed by atoms with Crippen LogP contribution < -0.4 is 0 Å². The molecule has 0 unspecified atom stereocenters. The zero-order valence-electron chi connectivity index (χ0n) is 8.29. The average molecular weight is 196 g/mol. The van der Waals surface area contributed by atoms with Crippen molar-refractivity contribution in [2.45, 2.75) is 32.7 Å². The van der Waals surface area contributed by atoms with Crippen molar-refractivity contribution in [3.63, 3.8) is 0 Å². The summed E-state index contributed by atoms with van der Waals surface area (Å²) in [5.41, 5.74) is 1.26. The van der Waals surface area contributed by atoms with Crippen molar-refractivity contribution in [1.29, 1.82) is 0 Å². The van der Waals surface area contributed by atoms with Gasteiger partial charge in [0.05, 0.1) is 10.7 Å². The molecule has 1 fully saturated rings. The summed E-state index contributed by atoms with van der Waals surface area (Å²) in [6.45, 7) is 7.98. The Morgan fingerprint density at radius 2 is 2.31 bits per heavy atom. The molecule has 0 amide bonds. The van der Waals surface area contributed by atoms with Gasteiger partial charge in [-0.2, -0.15) is 0 Å². The molecule has 1 aliphatic rings. The van der Waals surface area contributed by atoms with Crippen molar-refractivity contribution in [2.24, 2.45) is 0 Å². The first-order valence-corrected chi connectivity index (χ1v) is 5.80. The maximum Gasteiger partial charge on any atom is 0.0954 e. The molecule has 0 radical (unpaired) electrons. The Kier molecular flexibility index (Phi) is 2.65. The molecule has 0 saturated carbocycles. The van der Waals surface area contributed by atoms with Gasteiger partial charge in [0.25, 0.3) is 0 Å². The van der Waals surface area contributed by atoms with E-state index in [0.717, 1.165) is 6.54 Å². The van der Waals surface area contributed by atoms with E-state index in [1.54, 1.807) is 11.3 Å². The van der Waals surface area contributed by atoms with Gasteiger partial charge in [0, 0.05) is 17.8 Å². The molecular formula is C10H16N2S. The summed E-state index contributed by atoms with van der Waals surface area (Å²) in [5.74, 6) is 0.579. The van der Waals surface area contributed by atoms with E-state index in [-0.39, 0.29) is 0 Å². The third kappa shape index (κ3) is 2.09. The van der Waals surface area contributed by atoms with Crippen LogP contribution in [0.2, 0.25) is 0 Å². The maximum absolute atomic E-state index is 4.61. The van der Waals surface area contributed by atoms with Crippen molar-refractivity contribution in [1.82, 2.24) is 9.88 Å². The minimum Gasteiger partial charge on any atom is -0.297 e. The topological polar surface area (TPSA) is 16.1 Å². The normalized spacial score (nSPS) is 17.8. The van der Waals surface area contributed by atoms with E-state index in [0.29, 0.717) is 5.92 Å². The van der Waals surface area contributed by atoms with Crippen LogP contribution in [-0.4, -0.2) is 23.0 Å². The minimum absolute atomic E-state index is 0.579. The first kappa shape index (κ1) is 9.16. The number of likely N-dealkylation sites (tertiary alicyclic amines) is 1. The van der Waals surface area contributed by atoms with Crippen LogP contribution in [0.1, 0.15) is 36.9 Å². The van der Waals surface area contributed by atoms with Crippen molar-refractivity contribution in [3.05, 3.63) is 16.1 Å². The van der Waals surface area contributed by atoms with Crippen LogP contribution in [0.25, 0.3) is 0 Å². The summed E-state index contributed by atoms with van der Waals surface area (Å²) in [4.78, 5) is 7.05. The fourth-order valence-electron chi connectivity index (χ4n) is 1.43. The van der Waals surface area contributed by atoms with E-state index in [1.165, 1.54) is 30.2 Å². The number of thiazole rings is 1. The third-order valence-electron chi connectivity index (χ3n) is 2.40. The summed E-state index contributed by atoms with van der Waals surface area (Å²) in [6, 6.07) is 0. The van der Waals surface area contributed by atoms with E-state index in [2.05, 4.69) is 29.1 Å². The molecule has 72 valence electrons. The van der Waals surface area contributed by atoms with Crippen LogP contribution >= 0.6 is 11.3 Å².